The van der Waals surface area contributed by atoms with Crippen LogP contribution in [0.25, 0.3) is 0 Å². The maximum absolute atomic E-state index is 13.1. The van der Waals surface area contributed by atoms with Gasteiger partial charge in [-0.15, -0.1) is 0 Å². The van der Waals surface area contributed by atoms with Crippen LogP contribution in [0, 0.1) is 19.3 Å². The molecule has 1 fully saturated rings. The first-order valence-corrected chi connectivity index (χ1v) is 11.1. The molecule has 0 aliphatic carbocycles. The molecule has 0 bridgehead atoms. The minimum atomic E-state index is -0.534. The van der Waals surface area contributed by atoms with Crippen molar-refractivity contribution in [2.75, 3.05) is 26.3 Å². The summed E-state index contributed by atoms with van der Waals surface area (Å²) in [5, 5.41) is 3.89. The number of hydrogen-bond donors (Lipinski definition) is 0. The molecule has 4 rings (SSSR count). The van der Waals surface area contributed by atoms with Gasteiger partial charge in [0, 0.05) is 13.1 Å². The molecule has 166 valence electrons. The van der Waals surface area contributed by atoms with Crippen LogP contribution < -0.4 is 4.74 Å². The Hall–Kier alpha value is -2.83. The van der Waals surface area contributed by atoms with E-state index in [2.05, 4.69) is 11.2 Å². The Balaban J connectivity index is 1.43. The van der Waals surface area contributed by atoms with Crippen molar-refractivity contribution in [1.29, 1.82) is 0 Å². The largest absolute Gasteiger partial charge is 0.490 e. The van der Waals surface area contributed by atoms with Crippen molar-refractivity contribution >= 4 is 11.9 Å². The van der Waals surface area contributed by atoms with Crippen molar-refractivity contribution in [1.82, 2.24) is 10.1 Å². The number of amides is 1. The van der Waals surface area contributed by atoms with E-state index in [1.807, 2.05) is 18.2 Å². The highest BCUT2D eigenvalue weighted by Crippen LogP contribution is 2.39. The Labute approximate surface area is 182 Å². The van der Waals surface area contributed by atoms with Crippen LogP contribution in [-0.2, 0) is 16.0 Å². The molecule has 2 aliphatic rings. The number of hydrogen-bond acceptors (Lipinski definition) is 6. The number of carbonyl (C=O) groups excluding carboxylic acids is 2. The number of cyclic esters (lactones) is 1. The van der Waals surface area contributed by atoms with Crippen LogP contribution in [0.1, 0.15) is 59.5 Å². The third-order valence-electron chi connectivity index (χ3n) is 6.59. The van der Waals surface area contributed by atoms with Gasteiger partial charge in [0.2, 0.25) is 0 Å². The molecule has 7 heteroatoms. The number of esters is 1. The number of rotatable bonds is 1. The lowest BCUT2D eigenvalue weighted by molar-refractivity contribution is -0.160. The molecule has 1 aromatic heterocycles. The van der Waals surface area contributed by atoms with Crippen molar-refractivity contribution in [2.24, 2.45) is 5.41 Å². The highest BCUT2D eigenvalue weighted by Gasteiger charge is 2.43. The predicted octanol–water partition coefficient (Wildman–Crippen LogP) is 3.86. The molecule has 0 unspecified atom stereocenters. The summed E-state index contributed by atoms with van der Waals surface area (Å²) in [6.45, 7) is 5.16. The third-order valence-corrected chi connectivity index (χ3v) is 6.59. The van der Waals surface area contributed by atoms with Gasteiger partial charge < -0.3 is 18.9 Å². The summed E-state index contributed by atoms with van der Waals surface area (Å²) in [5.41, 5.74) is 1.80. The number of carbonyl (C=O) groups is 2. The fourth-order valence-corrected chi connectivity index (χ4v) is 4.71. The average Bonchev–Trinajstić information content (AvgIpc) is 3.12. The Kier molecular flexibility index (Phi) is 6.30. The fraction of sp³-hybridized carbons (Fsp3) is 0.542. The van der Waals surface area contributed by atoms with E-state index in [9.17, 15) is 9.59 Å². The first kappa shape index (κ1) is 21.4. The van der Waals surface area contributed by atoms with E-state index in [1.165, 1.54) is 5.56 Å². The molecule has 1 aromatic carbocycles. The average molecular weight is 427 g/mol. The molecule has 7 nitrogen and oxygen atoms in total. The summed E-state index contributed by atoms with van der Waals surface area (Å²) in [7, 11) is 0. The van der Waals surface area contributed by atoms with Gasteiger partial charge in [0.1, 0.15) is 30.3 Å². The number of likely N-dealkylation sites (tertiary alicyclic amines) is 1. The van der Waals surface area contributed by atoms with Crippen molar-refractivity contribution in [3.63, 3.8) is 0 Å². The molecular weight excluding hydrogens is 396 g/mol. The fourth-order valence-electron chi connectivity index (χ4n) is 4.71. The van der Waals surface area contributed by atoms with Crippen LogP contribution in [0.4, 0.5) is 0 Å². The number of para-hydroxylation sites is 1. The maximum atomic E-state index is 13.1. The van der Waals surface area contributed by atoms with E-state index in [0.29, 0.717) is 49.6 Å². The number of benzene rings is 1. The summed E-state index contributed by atoms with van der Waals surface area (Å²) in [4.78, 5) is 27.8. The van der Waals surface area contributed by atoms with E-state index in [-0.39, 0.29) is 18.5 Å². The first-order valence-electron chi connectivity index (χ1n) is 11.1. The summed E-state index contributed by atoms with van der Waals surface area (Å²) in [5.74, 6) is 1.18. The Morgan fingerprint density at radius 3 is 2.52 bits per heavy atom. The molecule has 1 saturated heterocycles. The number of aryl methyl sites for hydroxylation is 3. The highest BCUT2D eigenvalue weighted by molar-refractivity contribution is 5.96. The van der Waals surface area contributed by atoms with Gasteiger partial charge in [-0.3, -0.25) is 9.59 Å². The number of aromatic nitrogens is 1. The second-order valence-electron chi connectivity index (χ2n) is 8.57. The zero-order chi connectivity index (χ0) is 21.8. The second kappa shape index (κ2) is 9.12. The summed E-state index contributed by atoms with van der Waals surface area (Å²) in [6, 6.07) is 8.06. The normalized spacial score (nSPS) is 19.5. The van der Waals surface area contributed by atoms with E-state index in [1.54, 1.807) is 18.7 Å². The van der Waals surface area contributed by atoms with Gasteiger partial charge >= 0.3 is 5.97 Å². The SMILES string of the molecule is Cc1noc(C)c1C(=O)N1CCC2(CCCCc3ccccc3OCCOC2=O)CC1. The number of nitrogens with zero attached hydrogens (tertiary/aromatic N) is 2. The lowest BCUT2D eigenvalue weighted by atomic mass is 9.74. The van der Waals surface area contributed by atoms with Crippen molar-refractivity contribution in [3.8, 4) is 5.75 Å². The first-order chi connectivity index (χ1) is 15.0. The Bertz CT molecular complexity index is 924. The van der Waals surface area contributed by atoms with E-state index in [0.717, 1.165) is 31.4 Å². The second-order valence-corrected chi connectivity index (χ2v) is 8.57. The molecule has 1 amide bonds. The van der Waals surface area contributed by atoms with Gasteiger partial charge in [-0.2, -0.15) is 0 Å². The van der Waals surface area contributed by atoms with Crippen LogP contribution in [0.2, 0.25) is 0 Å². The van der Waals surface area contributed by atoms with E-state index in [4.69, 9.17) is 14.0 Å². The zero-order valence-electron chi connectivity index (χ0n) is 18.3. The van der Waals surface area contributed by atoms with Crippen LogP contribution in [-0.4, -0.2) is 48.2 Å². The zero-order valence-corrected chi connectivity index (χ0v) is 18.3. The third kappa shape index (κ3) is 4.45. The quantitative estimate of drug-likeness (QED) is 0.644. The molecule has 31 heavy (non-hydrogen) atoms. The molecule has 2 aromatic rings. The minimum absolute atomic E-state index is 0.0716. The molecule has 2 aliphatic heterocycles. The molecule has 0 atom stereocenters. The topological polar surface area (TPSA) is 81.9 Å². The number of ether oxygens (including phenoxy) is 2. The molecule has 0 saturated carbocycles. The molecule has 3 heterocycles. The molecule has 0 radical (unpaired) electrons. The van der Waals surface area contributed by atoms with Crippen LogP contribution >= 0.6 is 0 Å². The Morgan fingerprint density at radius 2 is 1.77 bits per heavy atom. The van der Waals surface area contributed by atoms with Crippen molar-refractivity contribution in [2.45, 2.75) is 52.4 Å². The predicted molar refractivity (Wildman–Crippen MR) is 114 cm³/mol. The smallest absolute Gasteiger partial charge is 0.312 e. The van der Waals surface area contributed by atoms with Gasteiger partial charge in [0.05, 0.1) is 11.1 Å². The number of piperidine rings is 1. The monoisotopic (exact) mass is 426 g/mol. The Morgan fingerprint density at radius 1 is 1.03 bits per heavy atom. The van der Waals surface area contributed by atoms with Gasteiger partial charge in [0.25, 0.3) is 5.91 Å². The summed E-state index contributed by atoms with van der Waals surface area (Å²) < 4.78 is 16.6. The summed E-state index contributed by atoms with van der Waals surface area (Å²) >= 11 is 0. The van der Waals surface area contributed by atoms with Crippen molar-refractivity contribution in [3.05, 3.63) is 46.8 Å². The van der Waals surface area contributed by atoms with Crippen LogP contribution in [0.15, 0.2) is 28.8 Å². The van der Waals surface area contributed by atoms with Gasteiger partial charge in [-0.1, -0.05) is 29.8 Å². The summed E-state index contributed by atoms with van der Waals surface area (Å²) in [6.07, 6.45) is 4.84. The van der Waals surface area contributed by atoms with Crippen LogP contribution in [0.5, 0.6) is 5.75 Å². The molecular formula is C24H30N2O5. The lowest BCUT2D eigenvalue weighted by Gasteiger charge is -2.40. The number of fused-ring (bicyclic) bond motifs is 1. The van der Waals surface area contributed by atoms with E-state index < -0.39 is 5.41 Å². The molecule has 0 N–H and O–H groups in total. The minimum Gasteiger partial charge on any atom is -0.490 e. The molecule has 1 spiro atoms. The van der Waals surface area contributed by atoms with Crippen molar-refractivity contribution < 1.29 is 23.6 Å². The van der Waals surface area contributed by atoms with Gasteiger partial charge in [0.15, 0.2) is 0 Å². The van der Waals surface area contributed by atoms with Gasteiger partial charge in [-0.05, 0) is 57.6 Å². The lowest BCUT2D eigenvalue weighted by Crippen LogP contribution is -2.47. The standard InChI is InChI=1S/C24H30N2O5/c1-17-21(18(2)31-25-17)22(27)26-13-11-24(12-14-26)10-6-5-8-19-7-3-4-9-20(19)29-15-16-30-23(24)28/h3-4,7,9H,5-6,8,10-16H2,1-2H3. The van der Waals surface area contributed by atoms with E-state index >= 15 is 0 Å². The highest BCUT2D eigenvalue weighted by atomic mass is 16.6. The van der Waals surface area contributed by atoms with Crippen LogP contribution in [0.3, 0.4) is 0 Å². The van der Waals surface area contributed by atoms with Gasteiger partial charge in [-0.25, -0.2) is 0 Å². The maximum Gasteiger partial charge on any atom is 0.312 e.